The molecule has 0 saturated heterocycles. The predicted molar refractivity (Wildman–Crippen MR) is 107 cm³/mol. The minimum absolute atomic E-state index is 0.0489. The fraction of sp³-hybridized carbons (Fsp3) is 0.286. The highest BCUT2D eigenvalue weighted by Gasteiger charge is 2.27. The van der Waals surface area contributed by atoms with Crippen LogP contribution in [-0.2, 0) is 29.6 Å². The molecule has 0 radical (unpaired) electrons. The molecule has 0 aliphatic carbocycles. The average molecular weight is 393 g/mol. The summed E-state index contributed by atoms with van der Waals surface area (Å²) in [5, 5.41) is 8.76. The number of hydrogen-bond donors (Lipinski definition) is 2. The van der Waals surface area contributed by atoms with Gasteiger partial charge in [-0.2, -0.15) is 0 Å². The molecule has 0 unspecified atom stereocenters. The number of benzene rings is 1. The van der Waals surface area contributed by atoms with Crippen molar-refractivity contribution < 1.29 is 14.1 Å². The van der Waals surface area contributed by atoms with Gasteiger partial charge in [-0.15, -0.1) is 0 Å². The van der Waals surface area contributed by atoms with Gasteiger partial charge in [0.15, 0.2) is 5.82 Å². The summed E-state index contributed by atoms with van der Waals surface area (Å²) in [6.45, 7) is 2.01. The summed E-state index contributed by atoms with van der Waals surface area (Å²) in [5.41, 5.74) is 3.75. The Morgan fingerprint density at radius 1 is 1.14 bits per heavy atom. The first-order valence-corrected chi connectivity index (χ1v) is 9.53. The standard InChI is InChI=1S/C21H23N5O3/c1-25-10-4-7-17(25)18(26-11-8-15-5-2-3-6-16(15)14-26)13-22-20(27)21(28)23-19-9-12-29-24-19/h2-7,9-10,12,18H,8,11,13-14H2,1H3,(H,22,27)(H,23,24,28)/t18-/m0/s1. The third kappa shape index (κ3) is 4.22. The van der Waals surface area contributed by atoms with Crippen molar-refractivity contribution in [3.63, 3.8) is 0 Å². The number of aromatic nitrogens is 2. The van der Waals surface area contributed by atoms with Gasteiger partial charge in [0.05, 0.1) is 6.04 Å². The van der Waals surface area contributed by atoms with Crippen LogP contribution in [0.2, 0.25) is 0 Å². The number of hydrogen-bond acceptors (Lipinski definition) is 5. The van der Waals surface area contributed by atoms with Gasteiger partial charge in [-0.05, 0) is 29.7 Å². The summed E-state index contributed by atoms with van der Waals surface area (Å²) in [6.07, 6.45) is 4.27. The van der Waals surface area contributed by atoms with E-state index in [0.717, 1.165) is 25.2 Å². The maximum atomic E-state index is 12.3. The zero-order valence-corrected chi connectivity index (χ0v) is 16.2. The molecular weight excluding hydrogens is 370 g/mol. The monoisotopic (exact) mass is 393 g/mol. The lowest BCUT2D eigenvalue weighted by atomic mass is 9.98. The third-order valence-electron chi connectivity index (χ3n) is 5.27. The zero-order valence-electron chi connectivity index (χ0n) is 16.2. The molecule has 2 amide bonds. The lowest BCUT2D eigenvalue weighted by Crippen LogP contribution is -2.44. The average Bonchev–Trinajstić information content (AvgIpc) is 3.40. The van der Waals surface area contributed by atoms with Crippen LogP contribution in [0.3, 0.4) is 0 Å². The minimum atomic E-state index is -0.770. The molecule has 2 N–H and O–H groups in total. The molecule has 1 aliphatic heterocycles. The number of amides is 2. The molecule has 150 valence electrons. The first-order chi connectivity index (χ1) is 14.1. The van der Waals surface area contributed by atoms with Crippen LogP contribution < -0.4 is 10.6 Å². The van der Waals surface area contributed by atoms with Gasteiger partial charge in [0, 0.05) is 44.6 Å². The van der Waals surface area contributed by atoms with E-state index in [2.05, 4.69) is 49.5 Å². The van der Waals surface area contributed by atoms with Gasteiger partial charge in [-0.3, -0.25) is 19.8 Å². The molecule has 1 aliphatic rings. The Morgan fingerprint density at radius 2 is 1.97 bits per heavy atom. The molecule has 3 heterocycles. The summed E-state index contributed by atoms with van der Waals surface area (Å²) < 4.78 is 6.71. The summed E-state index contributed by atoms with van der Waals surface area (Å²) in [5.74, 6) is -1.27. The van der Waals surface area contributed by atoms with Crippen LogP contribution in [-0.4, -0.2) is 39.5 Å². The molecule has 0 bridgehead atoms. The molecule has 0 spiro atoms. The summed E-state index contributed by atoms with van der Waals surface area (Å²) in [4.78, 5) is 26.7. The maximum Gasteiger partial charge on any atom is 0.314 e. The van der Waals surface area contributed by atoms with Crippen molar-refractivity contribution >= 4 is 17.6 Å². The highest BCUT2D eigenvalue weighted by atomic mass is 16.5. The highest BCUT2D eigenvalue weighted by molar-refractivity contribution is 6.39. The molecule has 0 fully saturated rings. The van der Waals surface area contributed by atoms with E-state index in [0.29, 0.717) is 6.54 Å². The Balaban J connectivity index is 1.46. The van der Waals surface area contributed by atoms with Gasteiger partial charge in [-0.25, -0.2) is 0 Å². The van der Waals surface area contributed by atoms with E-state index in [-0.39, 0.29) is 11.9 Å². The maximum absolute atomic E-state index is 12.3. The summed E-state index contributed by atoms with van der Waals surface area (Å²) >= 11 is 0. The van der Waals surface area contributed by atoms with E-state index in [4.69, 9.17) is 0 Å². The minimum Gasteiger partial charge on any atom is -0.363 e. The van der Waals surface area contributed by atoms with Gasteiger partial charge in [0.1, 0.15) is 6.26 Å². The van der Waals surface area contributed by atoms with Crippen LogP contribution in [0.1, 0.15) is 22.9 Å². The first-order valence-electron chi connectivity index (χ1n) is 9.53. The van der Waals surface area contributed by atoms with Crippen LogP contribution in [0.25, 0.3) is 0 Å². The largest absolute Gasteiger partial charge is 0.363 e. The number of nitrogens with one attached hydrogen (secondary N) is 2. The normalized spacial score (nSPS) is 14.8. The molecular formula is C21H23N5O3. The van der Waals surface area contributed by atoms with E-state index in [9.17, 15) is 9.59 Å². The first kappa shape index (κ1) is 18.9. The highest BCUT2D eigenvalue weighted by Crippen LogP contribution is 2.27. The number of carbonyl (C=O) groups is 2. The molecule has 29 heavy (non-hydrogen) atoms. The van der Waals surface area contributed by atoms with Crippen molar-refractivity contribution in [2.45, 2.75) is 19.0 Å². The van der Waals surface area contributed by atoms with E-state index < -0.39 is 11.8 Å². The van der Waals surface area contributed by atoms with Crippen molar-refractivity contribution in [3.05, 3.63) is 71.7 Å². The molecule has 2 aromatic heterocycles. The quantitative estimate of drug-likeness (QED) is 0.646. The molecule has 0 saturated carbocycles. The zero-order chi connectivity index (χ0) is 20.2. The number of fused-ring (bicyclic) bond motifs is 1. The van der Waals surface area contributed by atoms with Crippen molar-refractivity contribution in [2.75, 3.05) is 18.4 Å². The lowest BCUT2D eigenvalue weighted by molar-refractivity contribution is -0.136. The number of carbonyl (C=O) groups excluding carboxylic acids is 2. The van der Waals surface area contributed by atoms with Crippen molar-refractivity contribution in [1.82, 2.24) is 19.9 Å². The van der Waals surface area contributed by atoms with Gasteiger partial charge in [0.25, 0.3) is 0 Å². The smallest absolute Gasteiger partial charge is 0.314 e. The van der Waals surface area contributed by atoms with Gasteiger partial charge >= 0.3 is 11.8 Å². The Labute approximate surface area is 168 Å². The number of rotatable bonds is 5. The number of aryl methyl sites for hydroxylation is 1. The van der Waals surface area contributed by atoms with Crippen molar-refractivity contribution in [3.8, 4) is 0 Å². The molecule has 4 rings (SSSR count). The second-order valence-corrected chi connectivity index (χ2v) is 7.10. The Kier molecular flexibility index (Phi) is 5.44. The second-order valence-electron chi connectivity index (χ2n) is 7.10. The van der Waals surface area contributed by atoms with E-state index in [1.807, 2.05) is 29.9 Å². The molecule has 8 heteroatoms. The van der Waals surface area contributed by atoms with Crippen molar-refractivity contribution in [1.29, 1.82) is 0 Å². The van der Waals surface area contributed by atoms with Crippen LogP contribution in [0.15, 0.2) is 59.4 Å². The van der Waals surface area contributed by atoms with Crippen molar-refractivity contribution in [2.24, 2.45) is 7.05 Å². The molecule has 8 nitrogen and oxygen atoms in total. The van der Waals surface area contributed by atoms with Crippen LogP contribution >= 0.6 is 0 Å². The van der Waals surface area contributed by atoms with Gasteiger partial charge in [0.2, 0.25) is 0 Å². The fourth-order valence-electron chi connectivity index (χ4n) is 3.74. The molecule has 1 aromatic carbocycles. The predicted octanol–water partition coefficient (Wildman–Crippen LogP) is 1.87. The summed E-state index contributed by atoms with van der Waals surface area (Å²) in [6, 6.07) is 13.9. The number of nitrogens with zero attached hydrogens (tertiary/aromatic N) is 3. The van der Waals surface area contributed by atoms with Gasteiger partial charge < -0.3 is 14.4 Å². The Morgan fingerprint density at radius 3 is 2.69 bits per heavy atom. The van der Waals surface area contributed by atoms with E-state index >= 15 is 0 Å². The molecule has 3 aromatic rings. The van der Waals surface area contributed by atoms with E-state index in [1.54, 1.807) is 0 Å². The van der Waals surface area contributed by atoms with Crippen LogP contribution in [0, 0.1) is 0 Å². The van der Waals surface area contributed by atoms with Gasteiger partial charge in [-0.1, -0.05) is 29.4 Å². The third-order valence-corrected chi connectivity index (χ3v) is 5.27. The topological polar surface area (TPSA) is 92.4 Å². The second kappa shape index (κ2) is 8.32. The fourth-order valence-corrected chi connectivity index (χ4v) is 3.74. The number of anilines is 1. The van der Waals surface area contributed by atoms with E-state index in [1.165, 1.54) is 23.5 Å². The SMILES string of the molecule is Cn1cccc1[C@H](CNC(=O)C(=O)Nc1ccon1)N1CCc2ccccc2C1. The van der Waals surface area contributed by atoms with Crippen LogP contribution in [0.5, 0.6) is 0 Å². The summed E-state index contributed by atoms with van der Waals surface area (Å²) in [7, 11) is 1.99. The Hall–Kier alpha value is -3.39. The Bertz CT molecular complexity index is 995. The van der Waals surface area contributed by atoms with Crippen LogP contribution in [0.4, 0.5) is 5.82 Å². The molecule has 1 atom stereocenters. The lowest BCUT2D eigenvalue weighted by Gasteiger charge is -2.36.